The number of nitrogens with zero attached hydrogens (tertiary/aromatic N) is 18. The van der Waals surface area contributed by atoms with Gasteiger partial charge in [0.15, 0.2) is 0 Å². The smallest absolute Gasteiger partial charge is 0.338 e. The van der Waals surface area contributed by atoms with E-state index in [0.29, 0.717) is 90.2 Å². The third kappa shape index (κ3) is 24.9. The molecule has 0 saturated heterocycles. The Morgan fingerprint density at radius 1 is 0.394 bits per heavy atom. The van der Waals surface area contributed by atoms with Gasteiger partial charge in [-0.25, -0.2) is 74.6 Å². The average molecular weight is 1810 g/mol. The first-order chi connectivity index (χ1) is 63.0. The van der Waals surface area contributed by atoms with Gasteiger partial charge < -0.3 is 31.7 Å². The summed E-state index contributed by atoms with van der Waals surface area (Å²) in [4.78, 5) is 161. The predicted octanol–water partition coefficient (Wildman–Crippen LogP) is 13.9. The predicted molar refractivity (Wildman–Crippen MR) is 502 cm³/mol. The molecule has 664 valence electrons. The molecule has 0 atom stereocenters. The third-order valence-corrected chi connectivity index (χ3v) is 18.6. The van der Waals surface area contributed by atoms with Crippen LogP contribution in [0.3, 0.4) is 0 Å². The fourth-order valence-corrected chi connectivity index (χ4v) is 12.4. The fraction of sp³-hybridized carbons (Fsp3) is 0.0645. The summed E-state index contributed by atoms with van der Waals surface area (Å²) in [5.41, 5.74) is 21.9. The van der Waals surface area contributed by atoms with Crippen molar-refractivity contribution in [1.29, 1.82) is 0 Å². The van der Waals surface area contributed by atoms with Gasteiger partial charge in [-0.3, -0.25) is 77.9 Å². The first-order valence-corrected chi connectivity index (χ1v) is 39.2. The molecule has 0 fully saturated rings. The van der Waals surface area contributed by atoms with Crippen molar-refractivity contribution < 1.29 is 58.5 Å². The number of aldehydes is 1. The van der Waals surface area contributed by atoms with E-state index in [1.165, 1.54) is 111 Å². The Hall–Kier alpha value is -17.8. The topological polar surface area (TPSA) is 513 Å². The van der Waals surface area contributed by atoms with Gasteiger partial charge in [-0.15, -0.1) is 12.4 Å². The highest BCUT2D eigenvalue weighted by atomic mass is 35.5. The summed E-state index contributed by atoms with van der Waals surface area (Å²) in [6, 6.07) is 51.5. The van der Waals surface area contributed by atoms with Crippen LogP contribution in [0.4, 0.5) is 40.9 Å². The number of carbonyl (C=O) groups excluding carboxylic acids is 8. The van der Waals surface area contributed by atoms with Crippen molar-refractivity contribution in [2.45, 2.75) is 40.9 Å². The van der Waals surface area contributed by atoms with Gasteiger partial charge in [-0.05, 0) is 187 Å². The molecule has 39 heteroatoms. The number of aliphatic hydroxyl groups excluding tert-OH is 2. The minimum atomic E-state index is -1.00. The van der Waals surface area contributed by atoms with Crippen molar-refractivity contribution in [3.8, 4) is 22.7 Å². The molecule has 17 rings (SSSR count). The zero-order chi connectivity index (χ0) is 92.2. The summed E-state index contributed by atoms with van der Waals surface area (Å²) < 4.78 is 7.23. The van der Waals surface area contributed by atoms with E-state index < -0.39 is 23.0 Å². The second kappa shape index (κ2) is 46.4. The average Bonchev–Trinajstić information content (AvgIpc) is 1.64. The Bertz CT molecular complexity index is 6870. The van der Waals surface area contributed by atoms with Crippen LogP contribution in [0.2, 0.25) is 0 Å². The Kier molecular flexibility index (Phi) is 33.9. The molecule has 37 nitrogen and oxygen atoms in total. The Labute approximate surface area is 762 Å². The number of nitrogens with one attached hydrogen (secondary N) is 6. The van der Waals surface area contributed by atoms with E-state index in [1.54, 1.807) is 105 Å². The molecule has 17 aromatic rings. The zero-order valence-electron chi connectivity index (χ0n) is 69.3. The number of fused-ring (bicyclic) bond motifs is 4. The van der Waals surface area contributed by atoms with Crippen LogP contribution in [-0.2, 0) is 34.0 Å². The maximum absolute atomic E-state index is 12.7. The number of carbonyl (C=O) groups is 9. The maximum Gasteiger partial charge on any atom is 0.338 e. The van der Waals surface area contributed by atoms with E-state index in [4.69, 9.17) is 22.4 Å². The lowest BCUT2D eigenvalue weighted by Gasteiger charge is -2.12. The second-order valence-electron chi connectivity index (χ2n) is 27.3. The maximum atomic E-state index is 12.7. The number of imidazole rings is 4. The SMILES string of the molecule is C.C=CC(=O)Cl.C=CC(=O)Nc1cccc(-n2c(NC(=O)c3cncnc3)nc3cc(C=O)ccc32)c1.C=CC(=O)Nc1cccc(-n2c(NC(=O)c3cncnc3)nc3cc(CO)ccc32)c1.CCc1ccc2c(c1)nc(NC(=O)c1cncnc1)n2-c1cccc(C)c1.Cl.Nc1cccc(-n2c(NC(=O)c3cncnc3)nc3cc(CO)ccc32)c1.O=C(O)c1cncnc1. The van der Waals surface area contributed by atoms with Crippen molar-refractivity contribution in [2.24, 2.45) is 0 Å². The van der Waals surface area contributed by atoms with Crippen LogP contribution in [0, 0.1) is 6.92 Å². The number of aromatic carboxylic acids is 1. The van der Waals surface area contributed by atoms with Gasteiger partial charge in [0, 0.05) is 90.3 Å². The van der Waals surface area contributed by atoms with Gasteiger partial charge >= 0.3 is 5.97 Å². The number of benzene rings is 8. The second-order valence-corrected chi connectivity index (χ2v) is 27.6. The van der Waals surface area contributed by atoms with Crippen molar-refractivity contribution in [1.82, 2.24) is 88.0 Å². The summed E-state index contributed by atoms with van der Waals surface area (Å²) in [5.74, 6) is -1.91. The molecule has 11 N–H and O–H groups in total. The first kappa shape index (κ1) is 96.4. The van der Waals surface area contributed by atoms with Gasteiger partial charge in [-0.2, -0.15) is 0 Å². The Balaban J connectivity index is 0.000000173. The molecule has 0 bridgehead atoms. The standard InChI is InChI=1S/C22H18N6O3.C22H16N6O3.C21H19N5O.C19H16N6O2.C5H4N2O2.C3H3ClO.CH4.ClH/c2*1-2-20(30)25-16-4-3-5-17(9-16)28-19-7-6-14(12-29)8-18(19)26-22(28)27-21(31)15-10-23-13-24-11-15;1-3-15-7-8-19-18(10-15)24-21(25-20(27)16-11-22-13-23-12-16)26(19)17-6-4-5-14(2)9-17;20-14-2-1-3-15(7-14)25-17-5-4-12(10-26)6-16(17)23-19(25)24-18(27)13-8-21-11-22-9-13;8-5(9)4-1-6-3-7-2-4;1-2-3(4)5;;/h2-11,13,29H,1,12H2,(H,25,30)(H,26,27,31);2-13H,1H2,(H,25,30)(H,26,27,31);4-13H,3H2,1-2H3,(H,24,25,27);1-9,11,26H,10,20H2,(H,23,24,27);1-3H,(H,8,9);2H,1H2;1H4;1H. The minimum absolute atomic E-state index is 0. The van der Waals surface area contributed by atoms with Crippen molar-refractivity contribution in [3.63, 3.8) is 0 Å². The van der Waals surface area contributed by atoms with E-state index in [9.17, 15) is 53.4 Å². The molecule has 9 aromatic heterocycles. The van der Waals surface area contributed by atoms with E-state index >= 15 is 0 Å². The highest BCUT2D eigenvalue weighted by Gasteiger charge is 2.23. The number of nitrogens with two attached hydrogens (primary N) is 1. The lowest BCUT2D eigenvalue weighted by atomic mass is 10.1. The molecule has 6 amide bonds. The number of allylic oxidation sites excluding steroid dienone is 1. The summed E-state index contributed by atoms with van der Waals surface area (Å²) >= 11 is 4.71. The van der Waals surface area contributed by atoms with E-state index in [0.717, 1.165) is 57.8 Å². The van der Waals surface area contributed by atoms with Crippen LogP contribution in [-0.4, -0.2) is 156 Å². The van der Waals surface area contributed by atoms with E-state index in [1.807, 2.05) is 72.2 Å². The monoisotopic (exact) mass is 1810 g/mol. The number of aliphatic hydroxyl groups is 2. The largest absolute Gasteiger partial charge is 0.478 e. The zero-order valence-corrected chi connectivity index (χ0v) is 70.9. The number of nitrogen functional groups attached to an aromatic ring is 1. The van der Waals surface area contributed by atoms with Crippen molar-refractivity contribution >= 4 is 162 Å². The normalized spacial score (nSPS) is 10.2. The number of carboxylic acids is 1. The fourth-order valence-electron chi connectivity index (χ4n) is 12.4. The molecule has 9 heterocycles. The molecule has 0 spiro atoms. The van der Waals surface area contributed by atoms with Crippen molar-refractivity contribution in [3.05, 3.63) is 357 Å². The summed E-state index contributed by atoms with van der Waals surface area (Å²) in [6.45, 7) is 13.9. The van der Waals surface area contributed by atoms with Crippen molar-refractivity contribution in [2.75, 3.05) is 37.6 Å². The summed E-state index contributed by atoms with van der Waals surface area (Å²) in [7, 11) is 0. The van der Waals surface area contributed by atoms with E-state index in [2.05, 4.69) is 147 Å². The number of aromatic nitrogens is 18. The molecular weight excluding hydrogens is 1730 g/mol. The van der Waals surface area contributed by atoms with Crippen LogP contribution >= 0.6 is 24.0 Å². The third-order valence-electron chi connectivity index (χ3n) is 18.4. The molecule has 0 aliphatic heterocycles. The molecular formula is C93H81Cl2N25O12. The molecule has 0 aliphatic carbocycles. The highest BCUT2D eigenvalue weighted by molar-refractivity contribution is 6.66. The van der Waals surface area contributed by atoms with Gasteiger partial charge in [0.25, 0.3) is 23.6 Å². The number of carboxylic acid groups (broad SMARTS) is 1. The van der Waals surface area contributed by atoms with Crippen LogP contribution in [0.1, 0.15) is 98.8 Å². The Morgan fingerprint density at radius 3 is 1.00 bits per heavy atom. The minimum Gasteiger partial charge on any atom is -0.478 e. The molecule has 0 unspecified atom stereocenters. The molecule has 0 radical (unpaired) electrons. The molecule has 8 aromatic carbocycles. The number of hydrogen-bond donors (Lipinski definition) is 10. The Morgan fingerprint density at radius 2 is 0.697 bits per heavy atom. The first-order valence-electron chi connectivity index (χ1n) is 38.9. The number of hydrogen-bond acceptors (Lipinski definition) is 26. The van der Waals surface area contributed by atoms with Gasteiger partial charge in [0.2, 0.25) is 40.9 Å². The number of anilines is 7. The molecule has 0 aliphatic rings. The molecule has 132 heavy (non-hydrogen) atoms. The number of halogens is 2. The quantitative estimate of drug-likeness (QED) is 0.0130. The van der Waals surface area contributed by atoms with Crippen LogP contribution in [0.15, 0.2) is 301 Å². The van der Waals surface area contributed by atoms with Crippen LogP contribution < -0.4 is 37.6 Å². The van der Waals surface area contributed by atoms with Crippen LogP contribution in [0.25, 0.3) is 66.9 Å². The van der Waals surface area contributed by atoms with Crippen LogP contribution in [0.5, 0.6) is 0 Å². The number of amides is 6. The lowest BCUT2D eigenvalue weighted by Crippen LogP contribution is -2.16. The van der Waals surface area contributed by atoms with Gasteiger partial charge in [0.05, 0.1) is 102 Å². The summed E-state index contributed by atoms with van der Waals surface area (Å²) in [6.07, 6.45) is 25.7. The number of rotatable bonds is 22. The van der Waals surface area contributed by atoms with Gasteiger partial charge in [-0.1, -0.05) is 82.6 Å². The van der Waals surface area contributed by atoms with E-state index in [-0.39, 0.29) is 85.3 Å². The molecule has 0 saturated carbocycles. The van der Waals surface area contributed by atoms with Gasteiger partial charge in [0.1, 0.15) is 37.9 Å². The number of aryl methyl sites for hydroxylation is 2. The highest BCUT2D eigenvalue weighted by Crippen LogP contribution is 2.33. The lowest BCUT2D eigenvalue weighted by molar-refractivity contribution is -0.112. The summed E-state index contributed by atoms with van der Waals surface area (Å²) in [5, 5.41) is 43.3.